The summed E-state index contributed by atoms with van der Waals surface area (Å²) in [7, 11) is 1.55. The smallest absolute Gasteiger partial charge is 0.274 e. The lowest BCUT2D eigenvalue weighted by Crippen LogP contribution is -2.24. The average molecular weight is 336 g/mol. The number of primary amides is 1. The van der Waals surface area contributed by atoms with Crippen LogP contribution in [0.4, 0.5) is 5.69 Å². The van der Waals surface area contributed by atoms with Gasteiger partial charge in [0.1, 0.15) is 0 Å². The Morgan fingerprint density at radius 1 is 1.08 bits per heavy atom. The molecule has 0 bridgehead atoms. The fourth-order valence-corrected chi connectivity index (χ4v) is 2.58. The topological polar surface area (TPSA) is 107 Å². The maximum atomic E-state index is 12.3. The normalized spacial score (nSPS) is 10.6. The van der Waals surface area contributed by atoms with Gasteiger partial charge < -0.3 is 11.1 Å². The third-order valence-electron chi connectivity index (χ3n) is 3.81. The van der Waals surface area contributed by atoms with Crippen LogP contribution in [-0.2, 0) is 18.3 Å². The molecule has 1 aromatic heterocycles. The van der Waals surface area contributed by atoms with Gasteiger partial charge in [0.2, 0.25) is 11.8 Å². The van der Waals surface area contributed by atoms with Crippen molar-refractivity contribution in [2.75, 3.05) is 5.32 Å². The zero-order valence-electron chi connectivity index (χ0n) is 13.5. The number of carbonyl (C=O) groups excluding carboxylic acids is 2. The number of fused-ring (bicyclic) bond motifs is 1. The van der Waals surface area contributed by atoms with Gasteiger partial charge in [-0.3, -0.25) is 14.4 Å². The number of hydrogen-bond acceptors (Lipinski definition) is 4. The number of anilines is 1. The van der Waals surface area contributed by atoms with Crippen LogP contribution in [0.5, 0.6) is 0 Å². The molecule has 3 rings (SSSR count). The molecule has 2 amide bonds. The van der Waals surface area contributed by atoms with Crippen LogP contribution < -0.4 is 16.6 Å². The molecule has 0 spiro atoms. The van der Waals surface area contributed by atoms with Gasteiger partial charge in [-0.05, 0) is 30.3 Å². The van der Waals surface area contributed by atoms with E-state index in [9.17, 15) is 14.4 Å². The molecule has 2 aromatic carbocycles. The summed E-state index contributed by atoms with van der Waals surface area (Å²) in [6.07, 6.45) is 0.0200. The van der Waals surface area contributed by atoms with Gasteiger partial charge in [0.15, 0.2) is 0 Å². The SMILES string of the molecule is Cn1nc(CC(=O)Nc2ccc(C(N)=O)cc2)c2ccccc2c1=O. The number of nitrogens with two attached hydrogens (primary N) is 1. The highest BCUT2D eigenvalue weighted by molar-refractivity contribution is 5.96. The van der Waals surface area contributed by atoms with Crippen LogP contribution in [-0.4, -0.2) is 21.6 Å². The summed E-state index contributed by atoms with van der Waals surface area (Å²) in [5, 5.41) is 8.12. The van der Waals surface area contributed by atoms with E-state index in [1.165, 1.54) is 16.8 Å². The summed E-state index contributed by atoms with van der Waals surface area (Å²) in [6, 6.07) is 13.3. The minimum Gasteiger partial charge on any atom is -0.366 e. The third kappa shape index (κ3) is 3.40. The van der Waals surface area contributed by atoms with Crippen LogP contribution in [0.3, 0.4) is 0 Å². The van der Waals surface area contributed by atoms with Gasteiger partial charge in [0.05, 0.1) is 17.5 Å². The van der Waals surface area contributed by atoms with Crippen LogP contribution >= 0.6 is 0 Å². The zero-order valence-corrected chi connectivity index (χ0v) is 13.5. The predicted octanol–water partition coefficient (Wildman–Crippen LogP) is 1.21. The van der Waals surface area contributed by atoms with Crippen LogP contribution in [0.1, 0.15) is 16.1 Å². The Labute approximate surface area is 143 Å². The molecule has 126 valence electrons. The van der Waals surface area contributed by atoms with Crippen molar-refractivity contribution < 1.29 is 9.59 Å². The standard InChI is InChI=1S/C18H16N4O3/c1-22-18(25)14-5-3-2-4-13(14)15(21-22)10-16(23)20-12-8-6-11(7-9-12)17(19)24/h2-9H,10H2,1H3,(H2,19,24)(H,20,23). The molecular formula is C18H16N4O3. The molecule has 0 saturated heterocycles. The molecule has 0 radical (unpaired) electrons. The van der Waals surface area contributed by atoms with Crippen molar-refractivity contribution >= 4 is 28.3 Å². The van der Waals surface area contributed by atoms with Gasteiger partial charge in [-0.15, -0.1) is 0 Å². The van der Waals surface area contributed by atoms with E-state index in [-0.39, 0.29) is 17.9 Å². The van der Waals surface area contributed by atoms with E-state index in [2.05, 4.69) is 10.4 Å². The summed E-state index contributed by atoms with van der Waals surface area (Å²) in [6.45, 7) is 0. The lowest BCUT2D eigenvalue weighted by atomic mass is 10.1. The molecule has 0 fully saturated rings. The van der Waals surface area contributed by atoms with Gasteiger partial charge in [0.25, 0.3) is 5.56 Å². The van der Waals surface area contributed by atoms with Crippen molar-refractivity contribution in [2.45, 2.75) is 6.42 Å². The average Bonchev–Trinajstić information content (AvgIpc) is 2.60. The second-order valence-corrected chi connectivity index (χ2v) is 5.59. The summed E-state index contributed by atoms with van der Waals surface area (Å²) in [4.78, 5) is 35.5. The van der Waals surface area contributed by atoms with Crippen molar-refractivity contribution in [3.8, 4) is 0 Å². The number of carbonyl (C=O) groups is 2. The van der Waals surface area contributed by atoms with E-state index in [0.29, 0.717) is 27.7 Å². The summed E-state index contributed by atoms with van der Waals surface area (Å²) >= 11 is 0. The number of nitrogens with one attached hydrogen (secondary N) is 1. The monoisotopic (exact) mass is 336 g/mol. The molecule has 1 heterocycles. The number of aryl methyl sites for hydroxylation is 1. The first kappa shape index (κ1) is 16.4. The second kappa shape index (κ2) is 6.56. The van der Waals surface area contributed by atoms with Crippen LogP contribution in [0, 0.1) is 0 Å². The summed E-state index contributed by atoms with van der Waals surface area (Å²) < 4.78 is 1.23. The molecule has 3 N–H and O–H groups in total. The minimum absolute atomic E-state index is 0.0200. The van der Waals surface area contributed by atoms with E-state index < -0.39 is 5.91 Å². The quantitative estimate of drug-likeness (QED) is 0.747. The van der Waals surface area contributed by atoms with Gasteiger partial charge >= 0.3 is 0 Å². The van der Waals surface area contributed by atoms with Gasteiger partial charge in [-0.1, -0.05) is 18.2 Å². The van der Waals surface area contributed by atoms with Crippen molar-refractivity contribution in [1.82, 2.24) is 9.78 Å². The highest BCUT2D eigenvalue weighted by Gasteiger charge is 2.12. The molecule has 3 aromatic rings. The number of aromatic nitrogens is 2. The molecule has 0 saturated carbocycles. The molecule has 0 atom stereocenters. The zero-order chi connectivity index (χ0) is 18.0. The van der Waals surface area contributed by atoms with Crippen LogP contribution in [0.15, 0.2) is 53.3 Å². The molecule has 7 heteroatoms. The number of nitrogens with zero attached hydrogens (tertiary/aromatic N) is 2. The lowest BCUT2D eigenvalue weighted by molar-refractivity contribution is -0.115. The van der Waals surface area contributed by atoms with E-state index in [1.807, 2.05) is 0 Å². The van der Waals surface area contributed by atoms with E-state index in [4.69, 9.17) is 5.73 Å². The third-order valence-corrected chi connectivity index (χ3v) is 3.81. The molecule has 0 aliphatic heterocycles. The van der Waals surface area contributed by atoms with Gasteiger partial charge in [-0.2, -0.15) is 5.10 Å². The van der Waals surface area contributed by atoms with E-state index >= 15 is 0 Å². The van der Waals surface area contributed by atoms with Gasteiger partial charge in [-0.25, -0.2) is 4.68 Å². The fourth-order valence-electron chi connectivity index (χ4n) is 2.58. The Balaban J connectivity index is 1.84. The summed E-state index contributed by atoms with van der Waals surface area (Å²) in [5.74, 6) is -0.804. The first-order valence-corrected chi connectivity index (χ1v) is 7.60. The van der Waals surface area contributed by atoms with Crippen LogP contribution in [0.25, 0.3) is 10.8 Å². The highest BCUT2D eigenvalue weighted by Crippen LogP contribution is 2.15. The van der Waals surface area contributed by atoms with Crippen molar-refractivity contribution in [3.63, 3.8) is 0 Å². The molecule has 0 aliphatic rings. The number of hydrogen-bond donors (Lipinski definition) is 2. The first-order chi connectivity index (χ1) is 12.0. The lowest BCUT2D eigenvalue weighted by Gasteiger charge is -2.09. The fraction of sp³-hybridized carbons (Fsp3) is 0.111. The first-order valence-electron chi connectivity index (χ1n) is 7.60. The minimum atomic E-state index is -0.529. The molecule has 25 heavy (non-hydrogen) atoms. The number of amides is 2. The summed E-state index contributed by atoms with van der Waals surface area (Å²) in [5.41, 5.74) is 6.40. The number of rotatable bonds is 4. The van der Waals surface area contributed by atoms with Crippen molar-refractivity contribution in [2.24, 2.45) is 12.8 Å². The highest BCUT2D eigenvalue weighted by atomic mass is 16.2. The molecule has 0 unspecified atom stereocenters. The van der Waals surface area contributed by atoms with Gasteiger partial charge in [0, 0.05) is 23.7 Å². The van der Waals surface area contributed by atoms with E-state index in [1.54, 1.807) is 43.4 Å². The Morgan fingerprint density at radius 3 is 2.36 bits per heavy atom. The largest absolute Gasteiger partial charge is 0.366 e. The maximum absolute atomic E-state index is 12.3. The maximum Gasteiger partial charge on any atom is 0.274 e. The van der Waals surface area contributed by atoms with Crippen molar-refractivity contribution in [3.05, 3.63) is 70.1 Å². The van der Waals surface area contributed by atoms with Crippen molar-refractivity contribution in [1.29, 1.82) is 0 Å². The second-order valence-electron chi connectivity index (χ2n) is 5.59. The molecule has 0 aliphatic carbocycles. The molecule has 7 nitrogen and oxygen atoms in total. The van der Waals surface area contributed by atoms with Crippen LogP contribution in [0.2, 0.25) is 0 Å². The Morgan fingerprint density at radius 2 is 1.72 bits per heavy atom. The Hall–Kier alpha value is -3.48. The molecular weight excluding hydrogens is 320 g/mol. The van der Waals surface area contributed by atoms with E-state index in [0.717, 1.165) is 0 Å². The predicted molar refractivity (Wildman–Crippen MR) is 94.3 cm³/mol. The Kier molecular flexibility index (Phi) is 4.30. The number of benzene rings is 2. The Bertz CT molecular complexity index is 1020.